The summed E-state index contributed by atoms with van der Waals surface area (Å²) < 4.78 is 23.6. The van der Waals surface area contributed by atoms with Crippen molar-refractivity contribution in [1.29, 1.82) is 0 Å². The number of carbonyl (C=O) groups excluding carboxylic acids is 1. The highest BCUT2D eigenvalue weighted by Gasteiger charge is 2.07. The third kappa shape index (κ3) is 6.49. The normalized spacial score (nSPS) is 10.5. The van der Waals surface area contributed by atoms with Gasteiger partial charge in [0.25, 0.3) is 0 Å². The molecule has 112 valence electrons. The molecule has 1 aromatic rings. The first-order valence-corrected chi connectivity index (χ1v) is 6.55. The molecule has 0 aliphatic carbocycles. The molecule has 3 N–H and O–H groups in total. The zero-order valence-electron chi connectivity index (χ0n) is 11.7. The number of nitrogen functional groups attached to an aromatic ring is 1. The summed E-state index contributed by atoms with van der Waals surface area (Å²) in [5, 5.41) is 2.49. The monoisotopic (exact) mass is 284 g/mol. The quantitative estimate of drug-likeness (QED) is 0.538. The molecule has 0 aromatic heterocycles. The standard InChI is InChI=1S/C14H21FN2O3/c1-19-7-3-9-20-8-2-4-14(18)17-13-10-11(16)5-6-12(13)15/h5-6,10H,2-4,7-9,16H2,1H3,(H,17,18). The molecule has 0 fully saturated rings. The largest absolute Gasteiger partial charge is 0.399 e. The van der Waals surface area contributed by atoms with Gasteiger partial charge in [-0.3, -0.25) is 4.79 Å². The molecule has 6 heteroatoms. The van der Waals surface area contributed by atoms with E-state index in [0.717, 1.165) is 6.42 Å². The summed E-state index contributed by atoms with van der Waals surface area (Å²) >= 11 is 0. The molecular weight excluding hydrogens is 263 g/mol. The summed E-state index contributed by atoms with van der Waals surface area (Å²) in [5.74, 6) is -0.752. The first-order chi connectivity index (χ1) is 9.63. The molecule has 0 spiro atoms. The molecular formula is C14H21FN2O3. The molecule has 0 saturated heterocycles. The minimum Gasteiger partial charge on any atom is -0.399 e. The van der Waals surface area contributed by atoms with Crippen molar-refractivity contribution in [2.24, 2.45) is 0 Å². The first kappa shape index (κ1) is 16.4. The number of benzene rings is 1. The third-order valence-electron chi connectivity index (χ3n) is 2.59. The van der Waals surface area contributed by atoms with Crippen molar-refractivity contribution in [3.8, 4) is 0 Å². The van der Waals surface area contributed by atoms with Crippen LogP contribution in [0.15, 0.2) is 18.2 Å². The molecule has 0 aliphatic rings. The summed E-state index contributed by atoms with van der Waals surface area (Å²) in [6.07, 6.45) is 1.69. The Bertz CT molecular complexity index is 427. The van der Waals surface area contributed by atoms with Gasteiger partial charge < -0.3 is 20.5 Å². The number of ether oxygens (including phenoxy) is 2. The molecule has 1 amide bonds. The van der Waals surface area contributed by atoms with Crippen LogP contribution in [0.3, 0.4) is 0 Å². The minimum absolute atomic E-state index is 0.107. The lowest BCUT2D eigenvalue weighted by Crippen LogP contribution is -2.13. The van der Waals surface area contributed by atoms with Gasteiger partial charge in [0.15, 0.2) is 0 Å². The van der Waals surface area contributed by atoms with Crippen molar-refractivity contribution in [2.75, 3.05) is 38.0 Å². The van der Waals surface area contributed by atoms with Crippen LogP contribution in [-0.4, -0.2) is 32.8 Å². The van der Waals surface area contributed by atoms with E-state index in [1.54, 1.807) is 7.11 Å². The van der Waals surface area contributed by atoms with Gasteiger partial charge in [-0.2, -0.15) is 0 Å². The van der Waals surface area contributed by atoms with Crippen LogP contribution in [-0.2, 0) is 14.3 Å². The predicted octanol–water partition coefficient (Wildman–Crippen LogP) is 2.18. The number of hydrogen-bond acceptors (Lipinski definition) is 4. The van der Waals surface area contributed by atoms with Crippen molar-refractivity contribution < 1.29 is 18.7 Å². The SMILES string of the molecule is COCCCOCCCC(=O)Nc1cc(N)ccc1F. The number of anilines is 2. The van der Waals surface area contributed by atoms with Gasteiger partial charge in [-0.25, -0.2) is 4.39 Å². The van der Waals surface area contributed by atoms with Gasteiger partial charge in [0.05, 0.1) is 5.69 Å². The van der Waals surface area contributed by atoms with Gasteiger partial charge in [-0.05, 0) is 31.0 Å². The minimum atomic E-state index is -0.497. The van der Waals surface area contributed by atoms with E-state index >= 15 is 0 Å². The second kappa shape index (κ2) is 9.28. The van der Waals surface area contributed by atoms with Crippen LogP contribution in [0.5, 0.6) is 0 Å². The molecule has 0 atom stereocenters. The summed E-state index contributed by atoms with van der Waals surface area (Å²) in [6, 6.07) is 4.07. The molecule has 1 rings (SSSR count). The van der Waals surface area contributed by atoms with Crippen molar-refractivity contribution in [1.82, 2.24) is 0 Å². The summed E-state index contributed by atoms with van der Waals surface area (Å²) in [4.78, 5) is 11.6. The fraction of sp³-hybridized carbons (Fsp3) is 0.500. The second-order valence-electron chi connectivity index (χ2n) is 4.35. The Balaban J connectivity index is 2.19. The maximum atomic E-state index is 13.4. The maximum Gasteiger partial charge on any atom is 0.224 e. The number of amides is 1. The molecule has 0 bridgehead atoms. The Hall–Kier alpha value is -1.66. The zero-order valence-corrected chi connectivity index (χ0v) is 11.7. The van der Waals surface area contributed by atoms with E-state index in [2.05, 4.69) is 5.32 Å². The Kier molecular flexibility index (Phi) is 7.60. The Morgan fingerprint density at radius 3 is 2.80 bits per heavy atom. The lowest BCUT2D eigenvalue weighted by Gasteiger charge is -2.07. The number of nitrogens with two attached hydrogens (primary N) is 1. The average molecular weight is 284 g/mol. The van der Waals surface area contributed by atoms with Crippen molar-refractivity contribution >= 4 is 17.3 Å². The molecule has 5 nitrogen and oxygen atoms in total. The van der Waals surface area contributed by atoms with Gasteiger partial charge in [0.2, 0.25) is 5.91 Å². The molecule has 0 radical (unpaired) electrons. The van der Waals surface area contributed by atoms with E-state index in [1.165, 1.54) is 18.2 Å². The van der Waals surface area contributed by atoms with E-state index in [-0.39, 0.29) is 18.0 Å². The molecule has 0 saturated carbocycles. The van der Waals surface area contributed by atoms with Gasteiger partial charge in [-0.1, -0.05) is 0 Å². The molecule has 20 heavy (non-hydrogen) atoms. The van der Waals surface area contributed by atoms with Gasteiger partial charge in [0.1, 0.15) is 5.82 Å². The highest BCUT2D eigenvalue weighted by Crippen LogP contribution is 2.17. The van der Waals surface area contributed by atoms with Gasteiger partial charge in [-0.15, -0.1) is 0 Å². The van der Waals surface area contributed by atoms with Crippen molar-refractivity contribution in [3.05, 3.63) is 24.0 Å². The van der Waals surface area contributed by atoms with Crippen LogP contribution in [0, 0.1) is 5.82 Å². The zero-order chi connectivity index (χ0) is 14.8. The highest BCUT2D eigenvalue weighted by atomic mass is 19.1. The topological polar surface area (TPSA) is 73.6 Å². The fourth-order valence-electron chi connectivity index (χ4n) is 1.59. The molecule has 1 aromatic carbocycles. The van der Waals surface area contributed by atoms with Crippen LogP contribution in [0.1, 0.15) is 19.3 Å². The first-order valence-electron chi connectivity index (χ1n) is 6.55. The lowest BCUT2D eigenvalue weighted by atomic mass is 10.2. The van der Waals surface area contributed by atoms with E-state index in [4.69, 9.17) is 15.2 Å². The van der Waals surface area contributed by atoms with E-state index in [0.29, 0.717) is 31.9 Å². The molecule has 0 heterocycles. The number of carbonyl (C=O) groups is 1. The number of nitrogens with one attached hydrogen (secondary N) is 1. The van der Waals surface area contributed by atoms with Crippen LogP contribution in [0.2, 0.25) is 0 Å². The summed E-state index contributed by atoms with van der Waals surface area (Å²) in [5.41, 5.74) is 6.05. The summed E-state index contributed by atoms with van der Waals surface area (Å²) in [6.45, 7) is 1.77. The van der Waals surface area contributed by atoms with Crippen LogP contribution in [0.4, 0.5) is 15.8 Å². The van der Waals surface area contributed by atoms with Crippen LogP contribution >= 0.6 is 0 Å². The van der Waals surface area contributed by atoms with Crippen molar-refractivity contribution in [2.45, 2.75) is 19.3 Å². The highest BCUT2D eigenvalue weighted by molar-refractivity contribution is 5.91. The third-order valence-corrected chi connectivity index (χ3v) is 2.59. The fourth-order valence-corrected chi connectivity index (χ4v) is 1.59. The maximum absolute atomic E-state index is 13.4. The number of halogens is 1. The molecule has 0 aliphatic heterocycles. The smallest absolute Gasteiger partial charge is 0.224 e. The lowest BCUT2D eigenvalue weighted by molar-refractivity contribution is -0.116. The van der Waals surface area contributed by atoms with Crippen LogP contribution in [0.25, 0.3) is 0 Å². The average Bonchev–Trinajstić information content (AvgIpc) is 2.42. The van der Waals surface area contributed by atoms with E-state index < -0.39 is 5.82 Å². The second-order valence-corrected chi connectivity index (χ2v) is 4.35. The Morgan fingerprint density at radius 2 is 2.05 bits per heavy atom. The number of hydrogen-bond donors (Lipinski definition) is 2. The van der Waals surface area contributed by atoms with Gasteiger partial charge in [0, 0.05) is 39.0 Å². The van der Waals surface area contributed by atoms with E-state index in [9.17, 15) is 9.18 Å². The van der Waals surface area contributed by atoms with Crippen LogP contribution < -0.4 is 11.1 Å². The molecule has 0 unspecified atom stereocenters. The van der Waals surface area contributed by atoms with Gasteiger partial charge >= 0.3 is 0 Å². The predicted molar refractivity (Wildman–Crippen MR) is 76.0 cm³/mol. The number of rotatable bonds is 9. The number of methoxy groups -OCH3 is 1. The van der Waals surface area contributed by atoms with E-state index in [1.807, 2.05) is 0 Å². The Labute approximate surface area is 118 Å². The Morgan fingerprint density at radius 1 is 1.30 bits per heavy atom. The summed E-state index contributed by atoms with van der Waals surface area (Å²) in [7, 11) is 1.64. The van der Waals surface area contributed by atoms with Crippen molar-refractivity contribution in [3.63, 3.8) is 0 Å².